The first-order valence-electron chi connectivity index (χ1n) is 2.80. The van der Waals surface area contributed by atoms with Gasteiger partial charge in [-0.15, -0.1) is 0 Å². The number of aryl methyl sites for hydroxylation is 1. The molecule has 2 N–H and O–H groups in total. The van der Waals surface area contributed by atoms with Crippen molar-refractivity contribution in [3.63, 3.8) is 0 Å². The lowest BCUT2D eigenvalue weighted by Crippen LogP contribution is -2.21. The number of hydrogen-bond acceptors (Lipinski definition) is 2. The second kappa shape index (κ2) is 2.14. The van der Waals surface area contributed by atoms with E-state index in [-0.39, 0.29) is 5.56 Å². The predicted molar refractivity (Wildman–Crippen MR) is 32.1 cm³/mol. The smallest absolute Gasteiger partial charge is 0.323 e. The number of hydrogen-bond donors (Lipinski definition) is 1. The van der Waals surface area contributed by atoms with Gasteiger partial charge >= 0.3 is 6.18 Å². The molecule has 3 nitrogen and oxygen atoms in total. The van der Waals surface area contributed by atoms with Crippen LogP contribution in [0.1, 0.15) is 11.3 Å². The summed E-state index contributed by atoms with van der Waals surface area (Å²) in [5.74, 6) is 4.91. The summed E-state index contributed by atoms with van der Waals surface area (Å²) >= 11 is 0. The van der Waals surface area contributed by atoms with E-state index in [1.807, 2.05) is 0 Å². The van der Waals surface area contributed by atoms with Crippen LogP contribution >= 0.6 is 0 Å². The van der Waals surface area contributed by atoms with Gasteiger partial charge in [-0.1, -0.05) is 0 Å². The Morgan fingerprint density at radius 2 is 2.09 bits per heavy atom. The number of alkyl halides is 3. The number of rotatable bonds is 0. The Morgan fingerprint density at radius 1 is 1.55 bits per heavy atom. The highest BCUT2D eigenvalue weighted by atomic mass is 19.4. The summed E-state index contributed by atoms with van der Waals surface area (Å²) in [6, 6.07) is 0. The standard InChI is InChI=1S/C5H6F3N3/c1-3-2-10-11(9)4(3)5(6,7)8/h2H,9H2,1H3. The van der Waals surface area contributed by atoms with Gasteiger partial charge in [0.15, 0.2) is 5.69 Å². The average molecular weight is 165 g/mol. The van der Waals surface area contributed by atoms with E-state index in [9.17, 15) is 13.2 Å². The Labute approximate surface area is 60.6 Å². The number of nitrogens with zero attached hydrogens (tertiary/aromatic N) is 2. The third-order valence-electron chi connectivity index (χ3n) is 1.25. The van der Waals surface area contributed by atoms with Crippen molar-refractivity contribution < 1.29 is 13.2 Å². The molecule has 1 aromatic heterocycles. The Kier molecular flexibility index (Phi) is 1.54. The van der Waals surface area contributed by atoms with E-state index in [2.05, 4.69) is 5.10 Å². The molecular formula is C5H6F3N3. The summed E-state index contributed by atoms with van der Waals surface area (Å²) in [5, 5.41) is 3.26. The summed E-state index contributed by atoms with van der Waals surface area (Å²) in [6.45, 7) is 1.30. The molecule has 0 aliphatic heterocycles. The minimum Gasteiger partial charge on any atom is -0.323 e. The van der Waals surface area contributed by atoms with E-state index in [0.717, 1.165) is 6.20 Å². The second-order valence-corrected chi connectivity index (χ2v) is 2.12. The minimum atomic E-state index is -4.42. The molecule has 0 saturated carbocycles. The lowest BCUT2D eigenvalue weighted by molar-refractivity contribution is -0.143. The van der Waals surface area contributed by atoms with Crippen LogP contribution in [0.2, 0.25) is 0 Å². The normalized spacial score (nSPS) is 12.0. The monoisotopic (exact) mass is 165 g/mol. The zero-order valence-corrected chi connectivity index (χ0v) is 5.68. The van der Waals surface area contributed by atoms with Crippen molar-refractivity contribution in [3.8, 4) is 0 Å². The molecule has 1 rings (SSSR count). The molecule has 0 amide bonds. The minimum absolute atomic E-state index is 0.0278. The summed E-state index contributed by atoms with van der Waals surface area (Å²) < 4.78 is 36.0. The van der Waals surface area contributed by atoms with Crippen LogP contribution in [-0.2, 0) is 6.18 Å². The quantitative estimate of drug-likeness (QED) is 0.581. The van der Waals surface area contributed by atoms with Crippen LogP contribution in [0, 0.1) is 6.92 Å². The molecule has 0 saturated heterocycles. The number of nitrogens with two attached hydrogens (primary N) is 1. The fourth-order valence-electron chi connectivity index (χ4n) is 0.802. The van der Waals surface area contributed by atoms with Gasteiger partial charge in [0, 0.05) is 5.56 Å². The van der Waals surface area contributed by atoms with Crippen LogP contribution in [0.4, 0.5) is 13.2 Å². The molecule has 11 heavy (non-hydrogen) atoms. The number of halogens is 3. The first kappa shape index (κ1) is 7.90. The third-order valence-corrected chi connectivity index (χ3v) is 1.25. The van der Waals surface area contributed by atoms with Gasteiger partial charge in [-0.05, 0) is 6.92 Å². The largest absolute Gasteiger partial charge is 0.435 e. The van der Waals surface area contributed by atoms with Gasteiger partial charge in [0.25, 0.3) is 0 Å². The second-order valence-electron chi connectivity index (χ2n) is 2.12. The molecule has 0 aromatic carbocycles. The lowest BCUT2D eigenvalue weighted by Gasteiger charge is -2.06. The average Bonchev–Trinajstić information content (AvgIpc) is 2.08. The first-order chi connectivity index (χ1) is 4.93. The van der Waals surface area contributed by atoms with E-state index >= 15 is 0 Å². The van der Waals surface area contributed by atoms with Crippen LogP contribution in [0.5, 0.6) is 0 Å². The zero-order valence-electron chi connectivity index (χ0n) is 5.68. The third kappa shape index (κ3) is 1.28. The van der Waals surface area contributed by atoms with E-state index in [0.29, 0.717) is 4.79 Å². The maximum absolute atomic E-state index is 12.0. The molecule has 0 atom stereocenters. The van der Waals surface area contributed by atoms with E-state index in [1.54, 1.807) is 0 Å². The maximum atomic E-state index is 12.0. The predicted octanol–water partition coefficient (Wildman–Crippen LogP) is 0.924. The van der Waals surface area contributed by atoms with Crippen LogP contribution < -0.4 is 5.84 Å². The van der Waals surface area contributed by atoms with Crippen molar-refractivity contribution >= 4 is 0 Å². The Hall–Kier alpha value is -1.20. The van der Waals surface area contributed by atoms with Crippen molar-refractivity contribution in [1.29, 1.82) is 0 Å². The molecule has 1 aromatic rings. The topological polar surface area (TPSA) is 43.8 Å². The van der Waals surface area contributed by atoms with Gasteiger partial charge in [0.05, 0.1) is 6.20 Å². The molecule has 6 heteroatoms. The van der Waals surface area contributed by atoms with Crippen molar-refractivity contribution in [2.45, 2.75) is 13.1 Å². The number of aromatic nitrogens is 2. The molecular weight excluding hydrogens is 159 g/mol. The Morgan fingerprint density at radius 3 is 2.27 bits per heavy atom. The van der Waals surface area contributed by atoms with E-state index in [4.69, 9.17) is 5.84 Å². The fraction of sp³-hybridized carbons (Fsp3) is 0.400. The molecule has 62 valence electrons. The van der Waals surface area contributed by atoms with E-state index in [1.165, 1.54) is 6.92 Å². The van der Waals surface area contributed by atoms with E-state index < -0.39 is 11.9 Å². The van der Waals surface area contributed by atoms with Gasteiger partial charge < -0.3 is 5.84 Å². The molecule has 0 radical (unpaired) electrons. The first-order valence-corrected chi connectivity index (χ1v) is 2.80. The molecule has 0 fully saturated rings. The van der Waals surface area contributed by atoms with Crippen LogP contribution in [0.15, 0.2) is 6.20 Å². The van der Waals surface area contributed by atoms with Crippen molar-refractivity contribution in [1.82, 2.24) is 9.89 Å². The van der Waals surface area contributed by atoms with Crippen LogP contribution in [0.25, 0.3) is 0 Å². The fourth-order valence-corrected chi connectivity index (χ4v) is 0.802. The van der Waals surface area contributed by atoms with Gasteiger partial charge in [-0.25, -0.2) is 0 Å². The highest BCUT2D eigenvalue weighted by Crippen LogP contribution is 2.30. The molecule has 0 unspecified atom stereocenters. The van der Waals surface area contributed by atoms with Crippen molar-refractivity contribution in [3.05, 3.63) is 17.5 Å². The molecule has 1 heterocycles. The van der Waals surface area contributed by atoms with Crippen molar-refractivity contribution in [2.75, 3.05) is 5.84 Å². The van der Waals surface area contributed by atoms with Gasteiger partial charge in [-0.3, -0.25) is 0 Å². The number of nitrogen functional groups attached to an aromatic ring is 1. The summed E-state index contributed by atoms with van der Waals surface area (Å²) in [4.78, 5) is 0.329. The summed E-state index contributed by atoms with van der Waals surface area (Å²) in [7, 11) is 0. The van der Waals surface area contributed by atoms with Crippen LogP contribution in [0.3, 0.4) is 0 Å². The van der Waals surface area contributed by atoms with Gasteiger partial charge in [0.2, 0.25) is 0 Å². The van der Waals surface area contributed by atoms with Gasteiger partial charge in [-0.2, -0.15) is 23.1 Å². The Bertz CT molecular complexity index is 243. The Balaban J connectivity index is 3.21. The molecule has 0 aliphatic carbocycles. The van der Waals surface area contributed by atoms with Gasteiger partial charge in [0.1, 0.15) is 0 Å². The summed E-state index contributed by atoms with van der Waals surface area (Å²) in [5.41, 5.74) is -0.877. The molecule has 0 aliphatic rings. The molecule has 0 bridgehead atoms. The lowest BCUT2D eigenvalue weighted by atomic mass is 10.3. The summed E-state index contributed by atoms with van der Waals surface area (Å²) in [6.07, 6.45) is -3.35. The maximum Gasteiger partial charge on any atom is 0.435 e. The SMILES string of the molecule is Cc1cnn(N)c1C(F)(F)F. The van der Waals surface area contributed by atoms with Crippen molar-refractivity contribution in [2.24, 2.45) is 0 Å². The highest BCUT2D eigenvalue weighted by molar-refractivity contribution is 5.18. The van der Waals surface area contributed by atoms with Crippen LogP contribution in [-0.4, -0.2) is 9.89 Å². The highest BCUT2D eigenvalue weighted by Gasteiger charge is 2.36. The zero-order chi connectivity index (χ0) is 8.65. The molecule has 0 spiro atoms.